The van der Waals surface area contributed by atoms with Crippen LogP contribution in [0.3, 0.4) is 0 Å². The minimum atomic E-state index is 0.516. The molecule has 0 bridgehead atoms. The number of ether oxygens (including phenoxy) is 3. The second kappa shape index (κ2) is 13.1. The second-order valence-corrected chi connectivity index (χ2v) is 9.88. The highest BCUT2D eigenvalue weighted by molar-refractivity contribution is 5.55. The molecule has 6 nitrogen and oxygen atoms in total. The lowest BCUT2D eigenvalue weighted by molar-refractivity contribution is 0.285. The number of hydrogen-bond donors (Lipinski definition) is 1. The van der Waals surface area contributed by atoms with E-state index in [0.717, 1.165) is 75.1 Å². The number of anilines is 1. The molecular weight excluding hydrogens is 486 g/mol. The molecule has 0 aliphatic rings. The van der Waals surface area contributed by atoms with Crippen LogP contribution in [-0.4, -0.2) is 23.1 Å². The number of aromatic nitrogens is 2. The van der Waals surface area contributed by atoms with Crippen molar-refractivity contribution < 1.29 is 14.2 Å². The van der Waals surface area contributed by atoms with Crippen molar-refractivity contribution in [3.8, 4) is 17.4 Å². The van der Waals surface area contributed by atoms with E-state index in [1.54, 1.807) is 0 Å². The first-order chi connectivity index (χ1) is 18.8. The predicted octanol–water partition coefficient (Wildman–Crippen LogP) is 7.37. The van der Waals surface area contributed by atoms with Crippen molar-refractivity contribution in [2.45, 2.75) is 61.2 Å². The monoisotopic (exact) mass is 525 g/mol. The van der Waals surface area contributed by atoms with Gasteiger partial charge in [-0.1, -0.05) is 60.7 Å². The van der Waals surface area contributed by atoms with Crippen LogP contribution in [0.4, 0.5) is 5.82 Å². The Morgan fingerprint density at radius 1 is 0.590 bits per heavy atom. The van der Waals surface area contributed by atoms with Crippen LogP contribution in [-0.2, 0) is 13.2 Å². The fraction of sp³-hybridized carbons (Fsp3) is 0.333. The van der Waals surface area contributed by atoms with E-state index in [1.165, 1.54) is 0 Å². The van der Waals surface area contributed by atoms with Crippen LogP contribution < -0.4 is 19.5 Å². The average molecular weight is 526 g/mol. The van der Waals surface area contributed by atoms with Gasteiger partial charge in [-0.3, -0.25) is 0 Å². The highest BCUT2D eigenvalue weighted by Gasteiger charge is 2.15. The summed E-state index contributed by atoms with van der Waals surface area (Å²) in [5, 5.41) is 3.47. The number of pyridine rings is 2. The summed E-state index contributed by atoms with van der Waals surface area (Å²) in [5.74, 6) is 3.23. The molecule has 2 aromatic heterocycles. The standard InChI is InChI=1S/C33H39N3O3/c1-22-24(3)32(35-26(5)30(22)38-20-28-14-9-7-10-15-28)34-18-13-19-37-33-25(4)23(2)31(27(6)36-33)39-21-29-16-11-8-12-17-29/h7-12,14-17H,13,18-21H2,1-6H3,(H,34,35). The molecule has 0 spiro atoms. The van der Waals surface area contributed by atoms with Gasteiger partial charge in [0.2, 0.25) is 5.88 Å². The minimum Gasteiger partial charge on any atom is -0.487 e. The first kappa shape index (κ1) is 28.0. The molecule has 0 saturated carbocycles. The molecule has 4 aromatic rings. The Morgan fingerprint density at radius 2 is 1.10 bits per heavy atom. The molecule has 0 aliphatic heterocycles. The number of hydrogen-bond acceptors (Lipinski definition) is 6. The summed E-state index contributed by atoms with van der Waals surface area (Å²) in [5.41, 5.74) is 8.26. The molecular formula is C33H39N3O3. The third-order valence-electron chi connectivity index (χ3n) is 6.99. The smallest absolute Gasteiger partial charge is 0.216 e. The SMILES string of the molecule is Cc1nc(NCCCOc2nc(C)c(OCc3ccccc3)c(C)c2C)c(C)c(C)c1OCc1ccccc1. The van der Waals surface area contributed by atoms with Crippen molar-refractivity contribution in [1.29, 1.82) is 0 Å². The fourth-order valence-electron chi connectivity index (χ4n) is 4.46. The maximum atomic E-state index is 6.13. The van der Waals surface area contributed by atoms with Gasteiger partial charge in [0.25, 0.3) is 0 Å². The predicted molar refractivity (Wildman–Crippen MR) is 157 cm³/mol. The topological polar surface area (TPSA) is 65.5 Å². The van der Waals surface area contributed by atoms with E-state index in [9.17, 15) is 0 Å². The third-order valence-corrected chi connectivity index (χ3v) is 6.99. The highest BCUT2D eigenvalue weighted by atomic mass is 16.5. The first-order valence-corrected chi connectivity index (χ1v) is 13.5. The van der Waals surface area contributed by atoms with E-state index in [4.69, 9.17) is 24.2 Å². The maximum Gasteiger partial charge on any atom is 0.216 e. The van der Waals surface area contributed by atoms with Gasteiger partial charge in [0.15, 0.2) is 0 Å². The van der Waals surface area contributed by atoms with Crippen LogP contribution >= 0.6 is 0 Å². The molecule has 0 fully saturated rings. The zero-order valence-corrected chi connectivity index (χ0v) is 23.9. The molecule has 0 aliphatic carbocycles. The van der Waals surface area contributed by atoms with Gasteiger partial charge in [-0.2, -0.15) is 0 Å². The van der Waals surface area contributed by atoms with Crippen molar-refractivity contribution in [3.63, 3.8) is 0 Å². The zero-order valence-electron chi connectivity index (χ0n) is 23.9. The maximum absolute atomic E-state index is 6.13. The number of nitrogens with zero attached hydrogens (tertiary/aromatic N) is 2. The van der Waals surface area contributed by atoms with E-state index < -0.39 is 0 Å². The minimum absolute atomic E-state index is 0.516. The molecule has 2 heterocycles. The van der Waals surface area contributed by atoms with Gasteiger partial charge >= 0.3 is 0 Å². The molecule has 6 heteroatoms. The Morgan fingerprint density at radius 3 is 1.67 bits per heavy atom. The van der Waals surface area contributed by atoms with E-state index in [2.05, 4.69) is 50.4 Å². The lowest BCUT2D eigenvalue weighted by Gasteiger charge is -2.18. The van der Waals surface area contributed by atoms with Crippen LogP contribution in [0.25, 0.3) is 0 Å². The van der Waals surface area contributed by atoms with Crippen molar-refractivity contribution >= 4 is 5.82 Å². The molecule has 39 heavy (non-hydrogen) atoms. The Labute approximate surface area is 232 Å². The molecule has 1 N–H and O–H groups in total. The van der Waals surface area contributed by atoms with Crippen molar-refractivity contribution in [1.82, 2.24) is 9.97 Å². The summed E-state index contributed by atoms with van der Waals surface area (Å²) in [7, 11) is 0. The van der Waals surface area contributed by atoms with Gasteiger partial charge in [-0.15, -0.1) is 0 Å². The lowest BCUT2D eigenvalue weighted by Crippen LogP contribution is -2.12. The Bertz CT molecular complexity index is 1280. The number of benzene rings is 2. The zero-order chi connectivity index (χ0) is 27.8. The molecule has 4 rings (SSSR count). The second-order valence-electron chi connectivity index (χ2n) is 9.88. The van der Waals surface area contributed by atoms with Crippen molar-refractivity contribution in [2.75, 3.05) is 18.5 Å². The van der Waals surface area contributed by atoms with Crippen LogP contribution in [0.5, 0.6) is 17.4 Å². The van der Waals surface area contributed by atoms with Gasteiger partial charge in [0, 0.05) is 17.7 Å². The van der Waals surface area contributed by atoms with Gasteiger partial charge in [0.05, 0.1) is 18.0 Å². The van der Waals surface area contributed by atoms with E-state index in [-0.39, 0.29) is 0 Å². The molecule has 0 saturated heterocycles. The van der Waals surface area contributed by atoms with Gasteiger partial charge < -0.3 is 19.5 Å². The van der Waals surface area contributed by atoms with Crippen LogP contribution in [0.15, 0.2) is 60.7 Å². The average Bonchev–Trinajstić information content (AvgIpc) is 2.94. The Kier molecular flexibility index (Phi) is 9.42. The van der Waals surface area contributed by atoms with Gasteiger partial charge in [0.1, 0.15) is 30.5 Å². The quantitative estimate of drug-likeness (QED) is 0.195. The fourth-order valence-corrected chi connectivity index (χ4v) is 4.46. The van der Waals surface area contributed by atoms with Crippen molar-refractivity contribution in [3.05, 3.63) is 105 Å². The molecule has 0 amide bonds. The third kappa shape index (κ3) is 7.08. The number of nitrogens with one attached hydrogen (secondary N) is 1. The number of aryl methyl sites for hydroxylation is 2. The molecule has 0 radical (unpaired) electrons. The molecule has 204 valence electrons. The summed E-state index contributed by atoms with van der Waals surface area (Å²) in [6, 6.07) is 20.3. The number of rotatable bonds is 12. The van der Waals surface area contributed by atoms with E-state index in [1.807, 2.05) is 57.2 Å². The largest absolute Gasteiger partial charge is 0.487 e. The first-order valence-electron chi connectivity index (χ1n) is 13.5. The lowest BCUT2D eigenvalue weighted by atomic mass is 10.1. The summed E-state index contributed by atoms with van der Waals surface area (Å²) < 4.78 is 18.3. The molecule has 0 unspecified atom stereocenters. The van der Waals surface area contributed by atoms with E-state index >= 15 is 0 Å². The summed E-state index contributed by atoms with van der Waals surface area (Å²) in [6.07, 6.45) is 0.816. The van der Waals surface area contributed by atoms with Crippen LogP contribution in [0.1, 0.15) is 51.2 Å². The highest BCUT2D eigenvalue weighted by Crippen LogP contribution is 2.31. The summed E-state index contributed by atoms with van der Waals surface area (Å²) in [6.45, 7) is 14.6. The Balaban J connectivity index is 1.29. The normalized spacial score (nSPS) is 10.8. The summed E-state index contributed by atoms with van der Waals surface area (Å²) >= 11 is 0. The molecule has 0 atom stereocenters. The van der Waals surface area contributed by atoms with Crippen LogP contribution in [0.2, 0.25) is 0 Å². The summed E-state index contributed by atoms with van der Waals surface area (Å²) in [4.78, 5) is 9.48. The van der Waals surface area contributed by atoms with Crippen LogP contribution in [0, 0.1) is 41.5 Å². The van der Waals surface area contributed by atoms with Gasteiger partial charge in [-0.25, -0.2) is 9.97 Å². The van der Waals surface area contributed by atoms with E-state index in [0.29, 0.717) is 25.7 Å². The molecule has 2 aromatic carbocycles. The van der Waals surface area contributed by atoms with Gasteiger partial charge in [-0.05, 0) is 70.2 Å². The Hall–Kier alpha value is -4.06. The van der Waals surface area contributed by atoms with Crippen molar-refractivity contribution in [2.24, 2.45) is 0 Å².